The molecule has 0 aromatic heterocycles. The van der Waals surface area contributed by atoms with E-state index in [-0.39, 0.29) is 5.41 Å². The molecule has 1 N–H and O–H groups in total. The Bertz CT molecular complexity index is 473. The molecule has 3 nitrogen and oxygen atoms in total. The smallest absolute Gasteiger partial charge is 0.0601 e. The van der Waals surface area contributed by atoms with Crippen LogP contribution < -0.4 is 5.32 Å². The van der Waals surface area contributed by atoms with Gasteiger partial charge in [-0.1, -0.05) is 22.0 Å². The molecule has 0 saturated carbocycles. The second-order valence-corrected chi connectivity index (χ2v) is 6.79. The second-order valence-electron chi connectivity index (χ2n) is 5.88. The van der Waals surface area contributed by atoms with Gasteiger partial charge in [-0.15, -0.1) is 0 Å². The molecule has 2 aliphatic rings. The molecule has 104 valence electrons. The van der Waals surface area contributed by atoms with Crippen LogP contribution in [0.1, 0.15) is 11.1 Å². The molecule has 1 unspecified atom stereocenters. The van der Waals surface area contributed by atoms with Gasteiger partial charge in [-0.05, 0) is 37.2 Å². The van der Waals surface area contributed by atoms with Crippen LogP contribution in [0.4, 0.5) is 0 Å². The van der Waals surface area contributed by atoms with Gasteiger partial charge in [-0.3, -0.25) is 0 Å². The molecule has 0 bridgehead atoms. The zero-order valence-corrected chi connectivity index (χ0v) is 13.2. The number of nitrogens with zero attached hydrogens (tertiary/aromatic N) is 1. The van der Waals surface area contributed by atoms with Crippen molar-refractivity contribution in [1.29, 1.82) is 0 Å². The van der Waals surface area contributed by atoms with Gasteiger partial charge < -0.3 is 15.0 Å². The Morgan fingerprint density at radius 2 is 2.21 bits per heavy atom. The topological polar surface area (TPSA) is 24.5 Å². The van der Waals surface area contributed by atoms with Gasteiger partial charge >= 0.3 is 0 Å². The van der Waals surface area contributed by atoms with Gasteiger partial charge in [0, 0.05) is 30.1 Å². The van der Waals surface area contributed by atoms with E-state index in [0.717, 1.165) is 37.3 Å². The van der Waals surface area contributed by atoms with Crippen molar-refractivity contribution in [2.75, 3.05) is 39.9 Å². The summed E-state index contributed by atoms with van der Waals surface area (Å²) in [4.78, 5) is 2.41. The van der Waals surface area contributed by atoms with Crippen molar-refractivity contribution in [2.24, 2.45) is 0 Å². The Labute approximate surface area is 123 Å². The van der Waals surface area contributed by atoms with E-state index in [4.69, 9.17) is 4.74 Å². The van der Waals surface area contributed by atoms with Crippen molar-refractivity contribution in [3.8, 4) is 0 Å². The molecule has 2 fully saturated rings. The number of benzene rings is 1. The molecule has 0 spiro atoms. The highest BCUT2D eigenvalue weighted by Crippen LogP contribution is 2.39. The van der Waals surface area contributed by atoms with E-state index in [1.165, 1.54) is 11.1 Å². The Balaban J connectivity index is 1.96. The van der Waals surface area contributed by atoms with Gasteiger partial charge in [-0.2, -0.15) is 0 Å². The first-order valence-electron chi connectivity index (χ1n) is 6.88. The molecule has 4 heteroatoms. The fourth-order valence-corrected chi connectivity index (χ4v) is 3.63. The normalized spacial score (nSPS) is 27.0. The van der Waals surface area contributed by atoms with Crippen LogP contribution in [0.25, 0.3) is 0 Å². The minimum atomic E-state index is 0.141. The third-order valence-corrected chi connectivity index (χ3v) is 4.99. The van der Waals surface area contributed by atoms with Crippen LogP contribution in [0.3, 0.4) is 0 Å². The Kier molecular flexibility index (Phi) is 3.69. The number of nitrogens with one attached hydrogen (secondary N) is 1. The SMILES string of the molecule is Cc1ccc(Br)cc1C1(C2CN(C)CCN2)COC1. The average Bonchev–Trinajstić information content (AvgIpc) is 2.32. The lowest BCUT2D eigenvalue weighted by Gasteiger charge is -2.51. The molecule has 0 aliphatic carbocycles. The number of hydrogen-bond acceptors (Lipinski definition) is 3. The highest BCUT2D eigenvalue weighted by Gasteiger charge is 2.48. The largest absolute Gasteiger partial charge is 0.379 e. The molecule has 1 aromatic carbocycles. The molecule has 2 saturated heterocycles. The lowest BCUT2D eigenvalue weighted by molar-refractivity contribution is -0.0868. The van der Waals surface area contributed by atoms with Crippen molar-refractivity contribution in [3.63, 3.8) is 0 Å². The number of hydrogen-bond donors (Lipinski definition) is 1. The zero-order valence-electron chi connectivity index (χ0n) is 11.6. The Hall–Kier alpha value is -0.420. The van der Waals surface area contributed by atoms with Crippen LogP contribution in [-0.2, 0) is 10.2 Å². The highest BCUT2D eigenvalue weighted by atomic mass is 79.9. The predicted molar refractivity (Wildman–Crippen MR) is 80.7 cm³/mol. The summed E-state index contributed by atoms with van der Waals surface area (Å²) in [6.07, 6.45) is 0. The Morgan fingerprint density at radius 3 is 2.84 bits per heavy atom. The number of ether oxygens (including phenoxy) is 1. The van der Waals surface area contributed by atoms with E-state index >= 15 is 0 Å². The van der Waals surface area contributed by atoms with Gasteiger partial charge in [0.25, 0.3) is 0 Å². The summed E-state index contributed by atoms with van der Waals surface area (Å²) < 4.78 is 6.76. The number of piperazine rings is 1. The van der Waals surface area contributed by atoms with Gasteiger partial charge in [0.1, 0.15) is 0 Å². The van der Waals surface area contributed by atoms with Crippen molar-refractivity contribution in [3.05, 3.63) is 33.8 Å². The number of likely N-dealkylation sites (N-methyl/N-ethyl adjacent to an activating group) is 1. The van der Waals surface area contributed by atoms with Gasteiger partial charge in [0.2, 0.25) is 0 Å². The van der Waals surface area contributed by atoms with Crippen LogP contribution in [0.5, 0.6) is 0 Å². The first-order chi connectivity index (χ1) is 9.12. The van der Waals surface area contributed by atoms with Crippen LogP contribution in [0, 0.1) is 6.92 Å². The van der Waals surface area contributed by atoms with Crippen molar-refractivity contribution < 1.29 is 4.74 Å². The van der Waals surface area contributed by atoms with Gasteiger partial charge in [-0.25, -0.2) is 0 Å². The second kappa shape index (κ2) is 5.17. The van der Waals surface area contributed by atoms with Crippen LogP contribution >= 0.6 is 15.9 Å². The minimum Gasteiger partial charge on any atom is -0.379 e. The van der Waals surface area contributed by atoms with Gasteiger partial charge in [0.05, 0.1) is 18.6 Å². The maximum atomic E-state index is 5.60. The number of halogens is 1. The minimum absolute atomic E-state index is 0.141. The summed E-state index contributed by atoms with van der Waals surface area (Å²) >= 11 is 3.61. The van der Waals surface area contributed by atoms with Crippen LogP contribution in [0.2, 0.25) is 0 Å². The average molecular weight is 325 g/mol. The summed E-state index contributed by atoms with van der Waals surface area (Å²) in [6, 6.07) is 7.07. The van der Waals surface area contributed by atoms with E-state index in [1.807, 2.05) is 0 Å². The molecule has 2 heterocycles. The zero-order chi connectivity index (χ0) is 13.5. The lowest BCUT2D eigenvalue weighted by Crippen LogP contribution is -2.66. The molecular weight excluding hydrogens is 304 g/mol. The summed E-state index contributed by atoms with van der Waals surface area (Å²) in [5.74, 6) is 0. The lowest BCUT2D eigenvalue weighted by atomic mass is 9.70. The van der Waals surface area contributed by atoms with E-state index in [9.17, 15) is 0 Å². The number of rotatable bonds is 2. The van der Waals surface area contributed by atoms with E-state index in [2.05, 4.69) is 58.3 Å². The maximum Gasteiger partial charge on any atom is 0.0601 e. The molecule has 0 amide bonds. The van der Waals surface area contributed by atoms with Gasteiger partial charge in [0.15, 0.2) is 0 Å². The summed E-state index contributed by atoms with van der Waals surface area (Å²) in [6.45, 7) is 7.15. The molecule has 19 heavy (non-hydrogen) atoms. The number of aryl methyl sites for hydroxylation is 1. The third-order valence-electron chi connectivity index (χ3n) is 4.50. The summed E-state index contributed by atoms with van der Waals surface area (Å²) in [7, 11) is 2.20. The summed E-state index contributed by atoms with van der Waals surface area (Å²) in [5.41, 5.74) is 2.94. The molecular formula is C15H21BrN2O. The quantitative estimate of drug-likeness (QED) is 0.899. The fourth-order valence-electron chi connectivity index (χ4n) is 3.26. The fraction of sp³-hybridized carbons (Fsp3) is 0.600. The highest BCUT2D eigenvalue weighted by molar-refractivity contribution is 9.10. The first kappa shape index (κ1) is 13.6. The van der Waals surface area contributed by atoms with E-state index in [1.54, 1.807) is 0 Å². The molecule has 1 aromatic rings. The summed E-state index contributed by atoms with van der Waals surface area (Å²) in [5, 5.41) is 3.70. The van der Waals surface area contributed by atoms with Crippen molar-refractivity contribution in [2.45, 2.75) is 18.4 Å². The van der Waals surface area contributed by atoms with Crippen LogP contribution in [0.15, 0.2) is 22.7 Å². The van der Waals surface area contributed by atoms with E-state index < -0.39 is 0 Å². The van der Waals surface area contributed by atoms with Crippen LogP contribution in [-0.4, -0.2) is 50.8 Å². The molecule has 3 rings (SSSR count). The Morgan fingerprint density at radius 1 is 1.42 bits per heavy atom. The van der Waals surface area contributed by atoms with E-state index in [0.29, 0.717) is 6.04 Å². The van der Waals surface area contributed by atoms with Crippen molar-refractivity contribution in [1.82, 2.24) is 10.2 Å². The molecule has 0 radical (unpaired) electrons. The molecule has 1 atom stereocenters. The molecule has 2 aliphatic heterocycles. The predicted octanol–water partition coefficient (Wildman–Crippen LogP) is 1.93. The third kappa shape index (κ3) is 2.35. The maximum absolute atomic E-state index is 5.60. The van der Waals surface area contributed by atoms with Crippen molar-refractivity contribution >= 4 is 15.9 Å². The monoisotopic (exact) mass is 324 g/mol. The standard InChI is InChI=1S/C15H21BrN2O/c1-11-3-4-12(16)7-13(11)15(9-19-10-15)14-8-18(2)6-5-17-14/h3-4,7,14,17H,5-6,8-10H2,1-2H3. The first-order valence-corrected chi connectivity index (χ1v) is 7.67.